The van der Waals surface area contributed by atoms with Crippen molar-refractivity contribution in [3.05, 3.63) is 29.8 Å². The van der Waals surface area contributed by atoms with Crippen LogP contribution in [0.15, 0.2) is 24.3 Å². The van der Waals surface area contributed by atoms with Crippen molar-refractivity contribution in [1.82, 2.24) is 10.6 Å². The van der Waals surface area contributed by atoms with Crippen molar-refractivity contribution in [2.45, 2.75) is 26.4 Å². The number of hydrogen-bond donors (Lipinski definition) is 3. The minimum absolute atomic E-state index is 0.0360. The summed E-state index contributed by atoms with van der Waals surface area (Å²) in [5.41, 5.74) is 2.24. The SMILES string of the molecule is CNc1ccccc1CNC1C(=O)NCC1(C)C. The summed E-state index contributed by atoms with van der Waals surface area (Å²) in [5.74, 6) is 0.0990. The molecular weight excluding hydrogens is 226 g/mol. The minimum atomic E-state index is -0.123. The lowest BCUT2D eigenvalue weighted by Crippen LogP contribution is -2.43. The van der Waals surface area contributed by atoms with Gasteiger partial charge in [0.05, 0.1) is 6.04 Å². The maximum atomic E-state index is 11.8. The number of rotatable bonds is 4. The number of hydrogen-bond acceptors (Lipinski definition) is 3. The molecule has 1 unspecified atom stereocenters. The lowest BCUT2D eigenvalue weighted by molar-refractivity contribution is -0.121. The number of para-hydroxylation sites is 1. The first-order valence-corrected chi connectivity index (χ1v) is 6.31. The first-order valence-electron chi connectivity index (χ1n) is 6.31. The summed E-state index contributed by atoms with van der Waals surface area (Å²) in [7, 11) is 1.91. The zero-order chi connectivity index (χ0) is 13.2. The van der Waals surface area contributed by atoms with Crippen molar-refractivity contribution in [1.29, 1.82) is 0 Å². The van der Waals surface area contributed by atoms with Gasteiger partial charge in [-0.2, -0.15) is 0 Å². The van der Waals surface area contributed by atoms with E-state index >= 15 is 0 Å². The molecule has 1 heterocycles. The molecule has 3 N–H and O–H groups in total. The molecule has 1 aromatic carbocycles. The Balaban J connectivity index is 2.05. The molecule has 0 bridgehead atoms. The second-order valence-electron chi connectivity index (χ2n) is 5.43. The molecule has 4 nitrogen and oxygen atoms in total. The molecule has 18 heavy (non-hydrogen) atoms. The fourth-order valence-corrected chi connectivity index (χ4v) is 2.37. The van der Waals surface area contributed by atoms with Gasteiger partial charge in [-0.25, -0.2) is 0 Å². The van der Waals surface area contributed by atoms with E-state index in [4.69, 9.17) is 0 Å². The van der Waals surface area contributed by atoms with Gasteiger partial charge in [-0.15, -0.1) is 0 Å². The van der Waals surface area contributed by atoms with Crippen molar-refractivity contribution in [2.75, 3.05) is 18.9 Å². The third kappa shape index (κ3) is 2.48. The van der Waals surface area contributed by atoms with E-state index < -0.39 is 0 Å². The summed E-state index contributed by atoms with van der Waals surface area (Å²) in [5, 5.41) is 9.43. The van der Waals surface area contributed by atoms with Gasteiger partial charge in [0, 0.05) is 31.2 Å². The highest BCUT2D eigenvalue weighted by atomic mass is 16.2. The zero-order valence-corrected chi connectivity index (χ0v) is 11.2. The van der Waals surface area contributed by atoms with E-state index in [0.717, 1.165) is 12.2 Å². The third-order valence-corrected chi connectivity index (χ3v) is 3.55. The van der Waals surface area contributed by atoms with Crippen LogP contribution in [0.1, 0.15) is 19.4 Å². The van der Waals surface area contributed by atoms with Gasteiger partial charge in [0.2, 0.25) is 5.91 Å². The van der Waals surface area contributed by atoms with Crippen LogP contribution in [-0.4, -0.2) is 25.5 Å². The number of amides is 1. The molecule has 0 aromatic heterocycles. The largest absolute Gasteiger partial charge is 0.388 e. The smallest absolute Gasteiger partial charge is 0.237 e. The fraction of sp³-hybridized carbons (Fsp3) is 0.500. The van der Waals surface area contributed by atoms with Crippen LogP contribution in [0.5, 0.6) is 0 Å². The first-order chi connectivity index (χ1) is 8.54. The Morgan fingerprint density at radius 3 is 2.72 bits per heavy atom. The lowest BCUT2D eigenvalue weighted by Gasteiger charge is -2.25. The summed E-state index contributed by atoms with van der Waals surface area (Å²) in [6.45, 7) is 5.63. The van der Waals surface area contributed by atoms with E-state index in [2.05, 4.69) is 35.9 Å². The van der Waals surface area contributed by atoms with Crippen LogP contribution in [-0.2, 0) is 11.3 Å². The van der Waals surface area contributed by atoms with E-state index in [1.165, 1.54) is 5.56 Å². The Bertz CT molecular complexity index is 442. The van der Waals surface area contributed by atoms with Crippen molar-refractivity contribution >= 4 is 11.6 Å². The van der Waals surface area contributed by atoms with Crippen molar-refractivity contribution in [3.63, 3.8) is 0 Å². The van der Waals surface area contributed by atoms with E-state index in [9.17, 15) is 4.79 Å². The number of nitrogens with one attached hydrogen (secondary N) is 3. The van der Waals surface area contributed by atoms with Gasteiger partial charge >= 0.3 is 0 Å². The number of carbonyl (C=O) groups is 1. The standard InChI is InChI=1S/C14H21N3O/c1-14(2)9-17-13(18)12(14)16-8-10-6-4-5-7-11(10)15-3/h4-7,12,15-16H,8-9H2,1-3H3,(H,17,18). The lowest BCUT2D eigenvalue weighted by atomic mass is 9.87. The molecule has 0 spiro atoms. The molecule has 2 rings (SSSR count). The third-order valence-electron chi connectivity index (χ3n) is 3.55. The van der Waals surface area contributed by atoms with E-state index in [0.29, 0.717) is 6.54 Å². The predicted molar refractivity (Wildman–Crippen MR) is 73.4 cm³/mol. The summed E-state index contributed by atoms with van der Waals surface area (Å²) in [6, 6.07) is 8.00. The molecule has 1 aliphatic heterocycles. The predicted octanol–water partition coefficient (Wildman–Crippen LogP) is 1.34. The topological polar surface area (TPSA) is 53.2 Å². The van der Waals surface area contributed by atoms with Crippen molar-refractivity contribution < 1.29 is 4.79 Å². The maximum absolute atomic E-state index is 11.8. The highest BCUT2D eigenvalue weighted by Gasteiger charge is 2.40. The van der Waals surface area contributed by atoms with Gasteiger partial charge in [0.1, 0.15) is 0 Å². The molecule has 0 aliphatic carbocycles. The van der Waals surface area contributed by atoms with Gasteiger partial charge in [0.15, 0.2) is 0 Å². The molecule has 1 aliphatic rings. The quantitative estimate of drug-likeness (QED) is 0.752. The number of carbonyl (C=O) groups excluding carboxylic acids is 1. The van der Waals surface area contributed by atoms with Gasteiger partial charge in [-0.3, -0.25) is 4.79 Å². The maximum Gasteiger partial charge on any atom is 0.237 e. The van der Waals surface area contributed by atoms with Crippen molar-refractivity contribution in [3.8, 4) is 0 Å². The average Bonchev–Trinajstić information content (AvgIpc) is 2.62. The molecule has 98 valence electrons. The first kappa shape index (κ1) is 12.9. The van der Waals surface area contributed by atoms with E-state index in [1.807, 2.05) is 25.2 Å². The second-order valence-corrected chi connectivity index (χ2v) is 5.43. The molecule has 1 aromatic rings. The number of benzene rings is 1. The Hall–Kier alpha value is -1.55. The molecule has 1 atom stereocenters. The van der Waals surface area contributed by atoms with Crippen molar-refractivity contribution in [2.24, 2.45) is 5.41 Å². The fourth-order valence-electron chi connectivity index (χ4n) is 2.37. The van der Waals surface area contributed by atoms with Gasteiger partial charge in [-0.05, 0) is 11.6 Å². The Kier molecular flexibility index (Phi) is 3.57. The van der Waals surface area contributed by atoms with E-state index in [1.54, 1.807) is 0 Å². The molecule has 4 heteroatoms. The average molecular weight is 247 g/mol. The van der Waals surface area contributed by atoms with E-state index in [-0.39, 0.29) is 17.4 Å². The Morgan fingerprint density at radius 1 is 1.39 bits per heavy atom. The summed E-state index contributed by atoms with van der Waals surface area (Å²) in [4.78, 5) is 11.8. The zero-order valence-electron chi connectivity index (χ0n) is 11.2. The summed E-state index contributed by atoms with van der Waals surface area (Å²) < 4.78 is 0. The highest BCUT2D eigenvalue weighted by Crippen LogP contribution is 2.25. The second kappa shape index (κ2) is 4.98. The molecule has 0 radical (unpaired) electrons. The van der Waals surface area contributed by atoms with Gasteiger partial charge in [0.25, 0.3) is 0 Å². The molecule has 1 saturated heterocycles. The van der Waals surface area contributed by atoms with Crippen LogP contribution < -0.4 is 16.0 Å². The highest BCUT2D eigenvalue weighted by molar-refractivity contribution is 5.85. The van der Waals surface area contributed by atoms with Gasteiger partial charge in [-0.1, -0.05) is 32.0 Å². The van der Waals surface area contributed by atoms with Crippen LogP contribution in [0.2, 0.25) is 0 Å². The molecular formula is C14H21N3O. The normalized spacial score (nSPS) is 21.7. The van der Waals surface area contributed by atoms with Gasteiger partial charge < -0.3 is 16.0 Å². The Labute approximate surface area is 108 Å². The van der Waals surface area contributed by atoms with Crippen LogP contribution in [0.3, 0.4) is 0 Å². The number of anilines is 1. The molecule has 0 saturated carbocycles. The summed E-state index contributed by atoms with van der Waals surface area (Å²) >= 11 is 0. The van der Waals surface area contributed by atoms with Crippen LogP contribution in [0, 0.1) is 5.41 Å². The van der Waals surface area contributed by atoms with Crippen LogP contribution in [0.25, 0.3) is 0 Å². The Morgan fingerprint density at radius 2 is 2.11 bits per heavy atom. The van der Waals surface area contributed by atoms with Crippen LogP contribution >= 0.6 is 0 Å². The summed E-state index contributed by atoms with van der Waals surface area (Å²) in [6.07, 6.45) is 0. The van der Waals surface area contributed by atoms with Crippen LogP contribution in [0.4, 0.5) is 5.69 Å². The molecule has 1 amide bonds. The minimum Gasteiger partial charge on any atom is -0.388 e. The molecule has 1 fully saturated rings. The monoisotopic (exact) mass is 247 g/mol.